The molecule has 1 aliphatic carbocycles. The van der Waals surface area contributed by atoms with Crippen molar-refractivity contribution < 1.29 is 22.7 Å². The van der Waals surface area contributed by atoms with Gasteiger partial charge in [0.1, 0.15) is 22.7 Å². The molecule has 1 aromatic carbocycles. The number of carbonyl (C=O) groups is 1. The number of nitrogens with zero attached hydrogens (tertiary/aromatic N) is 4. The largest absolute Gasteiger partial charge is 0.495 e. The van der Waals surface area contributed by atoms with Gasteiger partial charge in [-0.15, -0.1) is 11.3 Å². The van der Waals surface area contributed by atoms with Crippen LogP contribution in [0.3, 0.4) is 0 Å². The Morgan fingerprint density at radius 2 is 1.86 bits per heavy atom. The van der Waals surface area contributed by atoms with Crippen LogP contribution in [-0.4, -0.2) is 59.2 Å². The van der Waals surface area contributed by atoms with E-state index in [0.717, 1.165) is 60.3 Å². The fraction of sp³-hybridized carbons (Fsp3) is 0.438. The summed E-state index contributed by atoms with van der Waals surface area (Å²) >= 11 is 1.04. The number of carbonyl (C=O) groups excluding carboxylic acids is 1. The molecule has 1 N–H and O–H groups in total. The van der Waals surface area contributed by atoms with E-state index in [1.165, 1.54) is 18.0 Å². The standard InChI is InChI=1S/C32H36F3N5O2S/c1-40(2)31(41)23-11-21(6-4-5-20-7-9-22(10-8-20)24-14-26(42-3)18-36-17-24)12-25(13-23)39-29-28-15-27(16-32(33,34)35)43-30(28)38-19-37-29/h7-10,14-15,17-19,21,23,25H,4-6,11-13,16H2,1-3H3,(H,37,38,39)/t21-,23+,25-/m0/s1. The Morgan fingerprint density at radius 1 is 1.07 bits per heavy atom. The first-order valence-corrected chi connectivity index (χ1v) is 15.3. The van der Waals surface area contributed by atoms with E-state index in [9.17, 15) is 18.0 Å². The summed E-state index contributed by atoms with van der Waals surface area (Å²) < 4.78 is 44.3. The van der Waals surface area contributed by atoms with Gasteiger partial charge in [-0.1, -0.05) is 30.7 Å². The number of benzene rings is 1. The fourth-order valence-corrected chi connectivity index (χ4v) is 7.03. The van der Waals surface area contributed by atoms with Crippen molar-refractivity contribution in [2.24, 2.45) is 11.8 Å². The molecule has 0 spiro atoms. The van der Waals surface area contributed by atoms with Crippen molar-refractivity contribution in [2.75, 3.05) is 26.5 Å². The first-order valence-electron chi connectivity index (χ1n) is 14.4. The number of alkyl halides is 3. The molecule has 4 aromatic rings. The van der Waals surface area contributed by atoms with Gasteiger partial charge in [0.15, 0.2) is 0 Å². The van der Waals surface area contributed by atoms with Crippen LogP contribution in [0.4, 0.5) is 19.0 Å². The number of hydrogen-bond donors (Lipinski definition) is 1. The van der Waals surface area contributed by atoms with Crippen LogP contribution in [0.5, 0.6) is 5.75 Å². The molecular formula is C32H36F3N5O2S. The monoisotopic (exact) mass is 611 g/mol. The Kier molecular flexibility index (Phi) is 9.49. The number of fused-ring (bicyclic) bond motifs is 1. The highest BCUT2D eigenvalue weighted by Gasteiger charge is 2.34. The topological polar surface area (TPSA) is 80.2 Å². The van der Waals surface area contributed by atoms with Crippen molar-refractivity contribution in [1.29, 1.82) is 0 Å². The highest BCUT2D eigenvalue weighted by molar-refractivity contribution is 7.18. The van der Waals surface area contributed by atoms with Crippen molar-refractivity contribution in [1.82, 2.24) is 19.9 Å². The van der Waals surface area contributed by atoms with Gasteiger partial charge in [-0.05, 0) is 61.3 Å². The molecule has 1 aliphatic rings. The summed E-state index contributed by atoms with van der Waals surface area (Å²) in [5, 5.41) is 4.08. The number of anilines is 1. The maximum Gasteiger partial charge on any atom is 0.393 e. The predicted molar refractivity (Wildman–Crippen MR) is 163 cm³/mol. The Labute approximate surface area is 253 Å². The molecule has 0 bridgehead atoms. The summed E-state index contributed by atoms with van der Waals surface area (Å²) in [5.74, 6) is 1.57. The van der Waals surface area contributed by atoms with Crippen LogP contribution < -0.4 is 10.1 Å². The number of nitrogens with one attached hydrogen (secondary N) is 1. The second-order valence-corrected chi connectivity index (χ2v) is 12.6. The quantitative estimate of drug-likeness (QED) is 0.205. The average molecular weight is 612 g/mol. The zero-order valence-corrected chi connectivity index (χ0v) is 25.3. The minimum absolute atomic E-state index is 0.0209. The lowest BCUT2D eigenvalue weighted by Gasteiger charge is -2.36. The molecule has 5 rings (SSSR count). The number of aromatic nitrogens is 3. The molecule has 1 fully saturated rings. The molecule has 1 saturated carbocycles. The van der Waals surface area contributed by atoms with Crippen LogP contribution in [-0.2, 0) is 17.6 Å². The smallest absolute Gasteiger partial charge is 0.393 e. The van der Waals surface area contributed by atoms with Crippen LogP contribution >= 0.6 is 11.3 Å². The van der Waals surface area contributed by atoms with Gasteiger partial charge in [-0.25, -0.2) is 9.97 Å². The van der Waals surface area contributed by atoms with Crippen LogP contribution in [0.1, 0.15) is 42.5 Å². The average Bonchev–Trinajstić information content (AvgIpc) is 3.39. The van der Waals surface area contributed by atoms with Crippen molar-refractivity contribution in [3.63, 3.8) is 0 Å². The number of ether oxygens (including phenoxy) is 1. The summed E-state index contributed by atoms with van der Waals surface area (Å²) in [6.07, 6.45) is 4.86. The summed E-state index contributed by atoms with van der Waals surface area (Å²) in [4.78, 5) is 28.2. The third-order valence-corrected chi connectivity index (χ3v) is 9.05. The molecule has 0 radical (unpaired) electrons. The normalized spacial score (nSPS) is 18.9. The zero-order valence-electron chi connectivity index (χ0n) is 24.5. The van der Waals surface area contributed by atoms with Crippen molar-refractivity contribution in [3.05, 3.63) is 65.6 Å². The van der Waals surface area contributed by atoms with Crippen LogP contribution in [0.25, 0.3) is 21.3 Å². The molecule has 3 aromatic heterocycles. The van der Waals surface area contributed by atoms with E-state index in [2.05, 4.69) is 44.5 Å². The van der Waals surface area contributed by atoms with E-state index in [1.807, 2.05) is 12.3 Å². The van der Waals surface area contributed by atoms with E-state index in [4.69, 9.17) is 4.74 Å². The maximum atomic E-state index is 13.0. The number of hydrogen-bond acceptors (Lipinski definition) is 7. The SMILES string of the molecule is COc1cncc(-c2ccc(CCC[C@@H]3C[C@H](Nc4ncnc5sc(CC(F)(F)F)cc45)C[C@H](C(=O)N(C)C)C3)cc2)c1. The highest BCUT2D eigenvalue weighted by Crippen LogP contribution is 2.37. The maximum absolute atomic E-state index is 13.0. The minimum Gasteiger partial charge on any atom is -0.495 e. The Hall–Kier alpha value is -3.73. The third kappa shape index (κ3) is 8.01. The van der Waals surface area contributed by atoms with Crippen molar-refractivity contribution >= 4 is 33.3 Å². The van der Waals surface area contributed by atoms with Crippen LogP contribution in [0.15, 0.2) is 55.1 Å². The number of pyridine rings is 1. The molecule has 0 saturated heterocycles. The minimum atomic E-state index is -4.28. The summed E-state index contributed by atoms with van der Waals surface area (Å²) in [5.41, 5.74) is 3.33. The van der Waals surface area contributed by atoms with E-state index in [-0.39, 0.29) is 22.7 Å². The van der Waals surface area contributed by atoms with Gasteiger partial charge in [-0.3, -0.25) is 9.78 Å². The lowest BCUT2D eigenvalue weighted by atomic mass is 9.75. The van der Waals surface area contributed by atoms with Crippen LogP contribution in [0.2, 0.25) is 0 Å². The van der Waals surface area contributed by atoms with Gasteiger partial charge in [-0.2, -0.15) is 13.2 Å². The molecule has 1 amide bonds. The number of halogens is 3. The Bertz CT molecular complexity index is 1540. The van der Waals surface area contributed by atoms with E-state index < -0.39 is 12.6 Å². The molecule has 0 aliphatic heterocycles. The number of rotatable bonds is 10. The number of thiophene rings is 1. The summed E-state index contributed by atoms with van der Waals surface area (Å²) in [6, 6.07) is 12.0. The lowest BCUT2D eigenvalue weighted by molar-refractivity contribution is -0.134. The first-order chi connectivity index (χ1) is 20.6. The number of amides is 1. The van der Waals surface area contributed by atoms with Gasteiger partial charge < -0.3 is 15.0 Å². The van der Waals surface area contributed by atoms with E-state index in [0.29, 0.717) is 28.4 Å². The summed E-state index contributed by atoms with van der Waals surface area (Å²) in [6.45, 7) is 0. The number of aryl methyl sites for hydroxylation is 1. The molecule has 0 unspecified atom stereocenters. The molecule has 3 heterocycles. The molecule has 11 heteroatoms. The molecule has 43 heavy (non-hydrogen) atoms. The van der Waals surface area contributed by atoms with Crippen LogP contribution in [0, 0.1) is 11.8 Å². The van der Waals surface area contributed by atoms with Gasteiger partial charge in [0.05, 0.1) is 25.1 Å². The number of methoxy groups -OCH3 is 1. The van der Waals surface area contributed by atoms with Crippen molar-refractivity contribution in [2.45, 2.75) is 57.2 Å². The van der Waals surface area contributed by atoms with Crippen molar-refractivity contribution in [3.8, 4) is 16.9 Å². The molecule has 3 atom stereocenters. The second kappa shape index (κ2) is 13.3. The molecule has 7 nitrogen and oxygen atoms in total. The molecular weight excluding hydrogens is 575 g/mol. The van der Waals surface area contributed by atoms with Gasteiger partial charge in [0, 0.05) is 42.7 Å². The predicted octanol–water partition coefficient (Wildman–Crippen LogP) is 7.17. The highest BCUT2D eigenvalue weighted by atomic mass is 32.1. The molecule has 228 valence electrons. The third-order valence-electron chi connectivity index (χ3n) is 8.00. The van der Waals surface area contributed by atoms with Gasteiger partial charge >= 0.3 is 6.18 Å². The van der Waals surface area contributed by atoms with Gasteiger partial charge in [0.2, 0.25) is 5.91 Å². The van der Waals surface area contributed by atoms with E-state index >= 15 is 0 Å². The lowest BCUT2D eigenvalue weighted by Crippen LogP contribution is -2.40. The van der Waals surface area contributed by atoms with E-state index in [1.54, 1.807) is 32.3 Å². The fourth-order valence-electron chi connectivity index (χ4n) is 6.00. The first kappa shape index (κ1) is 30.7. The second-order valence-electron chi connectivity index (χ2n) is 11.5. The van der Waals surface area contributed by atoms with Gasteiger partial charge in [0.25, 0.3) is 0 Å². The summed E-state index contributed by atoms with van der Waals surface area (Å²) in [7, 11) is 5.19. The Morgan fingerprint density at radius 3 is 2.58 bits per heavy atom. The zero-order chi connectivity index (χ0) is 30.6. The Balaban J connectivity index is 1.24.